The van der Waals surface area contributed by atoms with Gasteiger partial charge in [-0.2, -0.15) is 0 Å². The van der Waals surface area contributed by atoms with Crippen LogP contribution >= 0.6 is 0 Å². The van der Waals surface area contributed by atoms with Crippen molar-refractivity contribution in [2.75, 3.05) is 19.8 Å². The van der Waals surface area contributed by atoms with Crippen LogP contribution < -0.4 is 71.9 Å². The van der Waals surface area contributed by atoms with Crippen LogP contribution in [0.25, 0.3) is 0 Å². The molecule has 21 heteroatoms. The molecule has 0 aromatic heterocycles. The van der Waals surface area contributed by atoms with Crippen LogP contribution in [-0.4, -0.2) is 157 Å². The van der Waals surface area contributed by atoms with Crippen molar-refractivity contribution >= 4 is 17.9 Å². The van der Waals surface area contributed by atoms with Crippen LogP contribution in [-0.2, 0) is 28.6 Å². The zero-order chi connectivity index (χ0) is 27.9. The van der Waals surface area contributed by atoms with Gasteiger partial charge in [0.1, 0.15) is 73.2 Å². The molecule has 0 saturated carbocycles. The molecule has 3 saturated heterocycles. The van der Waals surface area contributed by atoms with Crippen LogP contribution in [0.2, 0.25) is 0 Å². The van der Waals surface area contributed by atoms with E-state index in [1.165, 1.54) is 0 Å². The van der Waals surface area contributed by atoms with E-state index < -0.39 is 91.2 Å². The molecule has 12 unspecified atom stereocenters. The second-order valence-corrected chi connectivity index (χ2v) is 7.86. The number of aliphatic hydroxyl groups is 9. The summed E-state index contributed by atoms with van der Waals surface area (Å²) in [7, 11) is 0. The molecule has 0 amide bonds. The van der Waals surface area contributed by atoms with E-state index in [1.54, 1.807) is 0 Å². The maximum Gasteiger partial charge on any atom is 1.00 e. The summed E-state index contributed by atoms with van der Waals surface area (Å²) in [6.45, 7) is -0.968. The molecule has 3 rings (SSSR count). The Kier molecular flexibility index (Phi) is 21.9. The van der Waals surface area contributed by atoms with E-state index in [-0.39, 0.29) is 76.4 Å². The Balaban J connectivity index is -0.000000480. The zero-order valence-corrected chi connectivity index (χ0v) is 21.2. The summed E-state index contributed by atoms with van der Waals surface area (Å²) in [6, 6.07) is 0. The molecule has 39 heavy (non-hydrogen) atoms. The van der Waals surface area contributed by atoms with E-state index in [9.17, 15) is 29.7 Å². The molecule has 0 aliphatic carbocycles. The van der Waals surface area contributed by atoms with Crippen molar-refractivity contribution in [1.82, 2.24) is 0 Å². The largest absolute Gasteiger partial charge is 1.00 e. The number of hydrogen-bond donors (Lipinski definition) is 9. The third-order valence-electron chi connectivity index (χ3n) is 5.20. The van der Waals surface area contributed by atoms with Crippen LogP contribution in [0.1, 0.15) is 0 Å². The van der Waals surface area contributed by atoms with Crippen LogP contribution in [0.15, 0.2) is 0 Å². The van der Waals surface area contributed by atoms with Crippen molar-refractivity contribution in [3.05, 3.63) is 0 Å². The summed E-state index contributed by atoms with van der Waals surface area (Å²) in [5.74, 6) is -4.81. The number of carbonyl (C=O) groups excluding carboxylic acids is 3. The predicted molar refractivity (Wildman–Crippen MR) is 98.3 cm³/mol. The Labute approximate surface area is 256 Å². The molecule has 0 aromatic carbocycles. The molecule has 0 bridgehead atoms. The molecular weight excluding hydrogens is 525 g/mol. The summed E-state index contributed by atoms with van der Waals surface area (Å²) in [6.07, 6.45) is -17.9. The zero-order valence-electron chi connectivity index (χ0n) is 21.2. The number of aliphatic carboxylic acids is 3. The number of rotatable bonds is 3. The molecule has 0 radical (unpaired) electrons. The van der Waals surface area contributed by atoms with Crippen molar-refractivity contribution in [1.29, 1.82) is 0 Å². The summed E-state index contributed by atoms with van der Waals surface area (Å²) < 4.78 is 13.5. The van der Waals surface area contributed by atoms with Crippen molar-refractivity contribution in [2.45, 2.75) is 73.2 Å². The first-order chi connectivity index (χ1) is 16.6. The Morgan fingerprint density at radius 1 is 0.436 bits per heavy atom. The second kappa shape index (κ2) is 19.8. The summed E-state index contributed by atoms with van der Waals surface area (Å²) in [4.78, 5) is 30.7. The molecule has 9 N–H and O–H groups in total. The molecule has 210 valence electrons. The van der Waals surface area contributed by atoms with Crippen LogP contribution in [0, 0.1) is 0 Å². The number of carboxylic acid groups (broad SMARTS) is 3. The van der Waals surface area contributed by atoms with Gasteiger partial charge in [0.15, 0.2) is 0 Å². The fourth-order valence-corrected chi connectivity index (χ4v) is 3.04. The fraction of sp³-hybridized carbons (Fsp3) is 0.833. The van der Waals surface area contributed by atoms with Gasteiger partial charge in [0.05, 0.1) is 37.7 Å². The van der Waals surface area contributed by atoms with E-state index in [4.69, 9.17) is 46.0 Å². The quantitative estimate of drug-likeness (QED) is 0.147. The minimum absolute atomic E-state index is 0. The van der Waals surface area contributed by atoms with Gasteiger partial charge in [0.2, 0.25) is 0 Å². The van der Waals surface area contributed by atoms with E-state index in [0.29, 0.717) is 0 Å². The van der Waals surface area contributed by atoms with E-state index in [0.717, 1.165) is 0 Å². The van der Waals surface area contributed by atoms with Crippen LogP contribution in [0.4, 0.5) is 0 Å². The summed E-state index contributed by atoms with van der Waals surface area (Å²) in [5.41, 5.74) is 0. The standard InChI is InChI=1S/3C6H10O6.3Li/c3*7-2-1-12-5(6(10)11)4(9)3(2)8;;;/h3*2-5,7-9H,1H2,(H,10,11);;;/q;;;3*+1/p-3. The van der Waals surface area contributed by atoms with Crippen molar-refractivity contribution in [3.63, 3.8) is 0 Å². The van der Waals surface area contributed by atoms with Crippen molar-refractivity contribution in [3.8, 4) is 0 Å². The Bertz CT molecular complexity index is 653. The number of carboxylic acids is 3. The predicted octanol–water partition coefficient (Wildman–Crippen LogP) is -20.3. The first-order valence-electron chi connectivity index (χ1n) is 10.2. The number of ether oxygens (including phenoxy) is 3. The van der Waals surface area contributed by atoms with Gasteiger partial charge in [-0.05, 0) is 0 Å². The van der Waals surface area contributed by atoms with Gasteiger partial charge < -0.3 is 89.9 Å². The van der Waals surface area contributed by atoms with Crippen molar-refractivity contribution < 1.29 is 146 Å². The Morgan fingerprint density at radius 2 is 0.615 bits per heavy atom. The number of carbonyl (C=O) groups is 3. The average Bonchev–Trinajstić information content (AvgIpc) is 2.79. The maximum atomic E-state index is 10.2. The molecule has 3 fully saturated rings. The van der Waals surface area contributed by atoms with Gasteiger partial charge in [0, 0.05) is 0 Å². The van der Waals surface area contributed by atoms with Gasteiger partial charge in [-0.1, -0.05) is 0 Å². The maximum absolute atomic E-state index is 10.2. The SMILES string of the molecule is O=C([O-])C1OCC(O)C(O)C1O.O=C([O-])C1OCC(O)C(O)C1O.O=C([O-])C1OCC(O)C(O)C1O.[Li+].[Li+].[Li+]. The van der Waals surface area contributed by atoms with Gasteiger partial charge in [-0.3, -0.25) is 0 Å². The second-order valence-electron chi connectivity index (χ2n) is 7.86. The van der Waals surface area contributed by atoms with Gasteiger partial charge in [-0.25, -0.2) is 0 Å². The number of hydrogen-bond acceptors (Lipinski definition) is 18. The topological polar surface area (TPSA) is 330 Å². The smallest absolute Gasteiger partial charge is 0.547 e. The summed E-state index contributed by atoms with van der Waals surface area (Å²) in [5, 5.41) is 111. The molecule has 3 heterocycles. The average molecular weight is 552 g/mol. The monoisotopic (exact) mass is 552 g/mol. The van der Waals surface area contributed by atoms with E-state index in [1.807, 2.05) is 0 Å². The molecule has 0 aromatic rings. The van der Waals surface area contributed by atoms with Crippen LogP contribution in [0.3, 0.4) is 0 Å². The van der Waals surface area contributed by atoms with Gasteiger partial charge in [0.25, 0.3) is 0 Å². The third kappa shape index (κ3) is 12.2. The first kappa shape index (κ1) is 43.2. The minimum Gasteiger partial charge on any atom is -0.547 e. The first-order valence-corrected chi connectivity index (χ1v) is 10.2. The molecule has 12 atom stereocenters. The fourth-order valence-electron chi connectivity index (χ4n) is 3.04. The minimum atomic E-state index is -1.64. The van der Waals surface area contributed by atoms with Gasteiger partial charge in [-0.15, -0.1) is 0 Å². The number of aliphatic hydroxyl groups excluding tert-OH is 9. The molecule has 3 aliphatic heterocycles. The van der Waals surface area contributed by atoms with E-state index >= 15 is 0 Å². The van der Waals surface area contributed by atoms with Crippen molar-refractivity contribution in [2.24, 2.45) is 0 Å². The normalized spacial score (nSPS) is 39.3. The third-order valence-corrected chi connectivity index (χ3v) is 5.20. The Hall–Kier alpha value is -0.278. The Morgan fingerprint density at radius 3 is 0.769 bits per heavy atom. The van der Waals surface area contributed by atoms with Gasteiger partial charge >= 0.3 is 56.6 Å². The summed E-state index contributed by atoms with van der Waals surface area (Å²) >= 11 is 0. The molecule has 3 aliphatic rings. The van der Waals surface area contributed by atoms with E-state index in [2.05, 4.69) is 14.2 Å². The molecular formula is C18H27Li3O18. The molecule has 0 spiro atoms. The van der Waals surface area contributed by atoms with Crippen LogP contribution in [0.5, 0.6) is 0 Å². The molecule has 18 nitrogen and oxygen atoms in total.